The monoisotopic (exact) mass is 291 g/mol. The molecule has 0 aromatic rings. The molecule has 1 saturated heterocycles. The van der Waals surface area contributed by atoms with E-state index in [1.165, 1.54) is 83.6 Å². The van der Waals surface area contributed by atoms with Crippen molar-refractivity contribution in [3.05, 3.63) is 0 Å². The molecule has 2 nitrogen and oxygen atoms in total. The van der Waals surface area contributed by atoms with Crippen molar-refractivity contribution in [2.75, 3.05) is 13.2 Å². The van der Waals surface area contributed by atoms with Crippen LogP contribution in [0.5, 0.6) is 0 Å². The third-order valence-corrected chi connectivity index (χ3v) is 6.87. The maximum atomic E-state index is 6.32. The minimum Gasteiger partial charge on any atom is -0.375 e. The first-order valence-electron chi connectivity index (χ1n) is 9.72. The maximum Gasteiger partial charge on any atom is 0.0685 e. The molecule has 0 aromatic carbocycles. The highest BCUT2D eigenvalue weighted by Crippen LogP contribution is 2.47. The first kappa shape index (κ1) is 14.5. The third-order valence-electron chi connectivity index (χ3n) is 6.87. The number of hydrogen-bond acceptors (Lipinski definition) is 2. The molecule has 1 heterocycles. The fourth-order valence-corrected chi connectivity index (χ4v) is 5.52. The van der Waals surface area contributed by atoms with Gasteiger partial charge in [0.2, 0.25) is 0 Å². The second kappa shape index (κ2) is 6.20. The van der Waals surface area contributed by atoms with Gasteiger partial charge in [-0.25, -0.2) is 0 Å². The smallest absolute Gasteiger partial charge is 0.0685 e. The Labute approximate surface area is 130 Å². The summed E-state index contributed by atoms with van der Waals surface area (Å²) in [7, 11) is 0. The molecule has 1 N–H and O–H groups in total. The van der Waals surface area contributed by atoms with Gasteiger partial charge in [0, 0.05) is 12.6 Å². The van der Waals surface area contributed by atoms with Gasteiger partial charge in [-0.15, -0.1) is 0 Å². The average molecular weight is 291 g/mol. The second-order valence-electron chi connectivity index (χ2n) is 8.38. The second-order valence-corrected chi connectivity index (χ2v) is 8.38. The summed E-state index contributed by atoms with van der Waals surface area (Å²) in [6.07, 6.45) is 17.0. The Bertz CT molecular complexity index is 340. The van der Waals surface area contributed by atoms with E-state index < -0.39 is 0 Å². The van der Waals surface area contributed by atoms with Crippen LogP contribution in [-0.2, 0) is 4.74 Å². The van der Waals surface area contributed by atoms with E-state index in [-0.39, 0.29) is 0 Å². The van der Waals surface area contributed by atoms with Crippen molar-refractivity contribution >= 4 is 0 Å². The fraction of sp³-hybridized carbons (Fsp3) is 1.00. The zero-order chi connectivity index (χ0) is 14.1. The molecule has 4 rings (SSSR count). The highest BCUT2D eigenvalue weighted by atomic mass is 16.5. The molecule has 1 aliphatic heterocycles. The number of ether oxygens (including phenoxy) is 1. The molecule has 1 spiro atoms. The average Bonchev–Trinajstić information content (AvgIpc) is 3.22. The van der Waals surface area contributed by atoms with Gasteiger partial charge in [-0.2, -0.15) is 0 Å². The lowest BCUT2D eigenvalue weighted by Gasteiger charge is -2.46. The molecule has 3 atom stereocenters. The summed E-state index contributed by atoms with van der Waals surface area (Å²) in [6, 6.07) is 0.880. The van der Waals surface area contributed by atoms with Crippen molar-refractivity contribution in [3.8, 4) is 0 Å². The van der Waals surface area contributed by atoms with Gasteiger partial charge in [0.05, 0.1) is 5.60 Å². The molecule has 0 radical (unpaired) electrons. The Morgan fingerprint density at radius 1 is 0.905 bits per heavy atom. The molecule has 4 aliphatic rings. The lowest BCUT2D eigenvalue weighted by Crippen LogP contribution is -2.44. The maximum absolute atomic E-state index is 6.32. The number of rotatable bonds is 4. The fourth-order valence-electron chi connectivity index (χ4n) is 5.52. The van der Waals surface area contributed by atoms with E-state index in [9.17, 15) is 0 Å². The standard InChI is InChI=1S/C19H33NO/c1-2-10-19(11-3-1)13-15(9-12-21-19)18-6-4-5-16(18)14-20-17-7-8-17/h15-18,20H,1-14H2. The van der Waals surface area contributed by atoms with Gasteiger partial charge in [-0.1, -0.05) is 25.7 Å². The molecule has 3 saturated carbocycles. The van der Waals surface area contributed by atoms with Gasteiger partial charge in [0.1, 0.15) is 0 Å². The van der Waals surface area contributed by atoms with Crippen LogP contribution in [0.15, 0.2) is 0 Å². The predicted molar refractivity (Wildman–Crippen MR) is 86.3 cm³/mol. The molecule has 0 aromatic heterocycles. The molecule has 3 aliphatic carbocycles. The van der Waals surface area contributed by atoms with Crippen LogP contribution in [0.3, 0.4) is 0 Å². The SMILES string of the molecule is C1CCC2(CC1)CC(C1CCCC1CNC1CC1)CCO2. The van der Waals surface area contributed by atoms with Crippen LogP contribution in [0.2, 0.25) is 0 Å². The van der Waals surface area contributed by atoms with E-state index in [4.69, 9.17) is 4.74 Å². The van der Waals surface area contributed by atoms with E-state index in [0.717, 1.165) is 30.4 Å². The molecule has 4 fully saturated rings. The molecule has 120 valence electrons. The van der Waals surface area contributed by atoms with Gasteiger partial charge in [0.25, 0.3) is 0 Å². The quantitative estimate of drug-likeness (QED) is 0.834. The Kier molecular flexibility index (Phi) is 4.28. The lowest BCUT2D eigenvalue weighted by atomic mass is 9.70. The van der Waals surface area contributed by atoms with Crippen LogP contribution in [0.25, 0.3) is 0 Å². The summed E-state index contributed by atoms with van der Waals surface area (Å²) in [4.78, 5) is 0. The van der Waals surface area contributed by atoms with Crippen molar-refractivity contribution in [1.29, 1.82) is 0 Å². The van der Waals surface area contributed by atoms with Crippen LogP contribution in [0.4, 0.5) is 0 Å². The molecular formula is C19H33NO. The highest BCUT2D eigenvalue weighted by molar-refractivity contribution is 4.95. The molecule has 0 amide bonds. The minimum atomic E-state index is 0.304. The van der Waals surface area contributed by atoms with Crippen LogP contribution in [0.1, 0.15) is 77.0 Å². The highest BCUT2D eigenvalue weighted by Gasteiger charge is 2.43. The molecule has 3 unspecified atom stereocenters. The van der Waals surface area contributed by atoms with E-state index in [1.807, 2.05) is 0 Å². The Balaban J connectivity index is 1.37. The summed E-state index contributed by atoms with van der Waals surface area (Å²) in [5.74, 6) is 2.93. The zero-order valence-electron chi connectivity index (χ0n) is 13.6. The van der Waals surface area contributed by atoms with Crippen LogP contribution in [0, 0.1) is 17.8 Å². The summed E-state index contributed by atoms with van der Waals surface area (Å²) < 4.78 is 6.32. The van der Waals surface area contributed by atoms with Crippen LogP contribution >= 0.6 is 0 Å². The normalized spacial score (nSPS) is 39.7. The van der Waals surface area contributed by atoms with Crippen molar-refractivity contribution in [3.63, 3.8) is 0 Å². The Morgan fingerprint density at radius 3 is 2.57 bits per heavy atom. The molecule has 2 heteroatoms. The molecule has 0 bridgehead atoms. The topological polar surface area (TPSA) is 21.3 Å². The zero-order valence-corrected chi connectivity index (χ0v) is 13.6. The van der Waals surface area contributed by atoms with Gasteiger partial charge < -0.3 is 10.1 Å². The van der Waals surface area contributed by atoms with Crippen molar-refractivity contribution < 1.29 is 4.74 Å². The summed E-state index contributed by atoms with van der Waals surface area (Å²) in [5.41, 5.74) is 0.304. The van der Waals surface area contributed by atoms with E-state index in [0.29, 0.717) is 5.60 Å². The van der Waals surface area contributed by atoms with E-state index in [2.05, 4.69) is 5.32 Å². The van der Waals surface area contributed by atoms with Gasteiger partial charge in [-0.05, 0) is 75.7 Å². The van der Waals surface area contributed by atoms with Crippen LogP contribution < -0.4 is 5.32 Å². The lowest BCUT2D eigenvalue weighted by molar-refractivity contribution is -0.127. The Hall–Kier alpha value is -0.0800. The summed E-state index contributed by atoms with van der Waals surface area (Å²) >= 11 is 0. The summed E-state index contributed by atoms with van der Waals surface area (Å²) in [6.45, 7) is 2.35. The molecular weight excluding hydrogens is 258 g/mol. The van der Waals surface area contributed by atoms with Crippen molar-refractivity contribution in [2.45, 2.75) is 88.7 Å². The number of nitrogens with one attached hydrogen (secondary N) is 1. The van der Waals surface area contributed by atoms with E-state index in [1.54, 1.807) is 0 Å². The third kappa shape index (κ3) is 3.32. The largest absolute Gasteiger partial charge is 0.375 e. The van der Waals surface area contributed by atoms with E-state index >= 15 is 0 Å². The van der Waals surface area contributed by atoms with Crippen molar-refractivity contribution in [1.82, 2.24) is 5.32 Å². The van der Waals surface area contributed by atoms with Gasteiger partial charge in [0.15, 0.2) is 0 Å². The van der Waals surface area contributed by atoms with Crippen LogP contribution in [-0.4, -0.2) is 24.8 Å². The molecule has 21 heavy (non-hydrogen) atoms. The van der Waals surface area contributed by atoms with Crippen molar-refractivity contribution in [2.24, 2.45) is 17.8 Å². The summed E-state index contributed by atoms with van der Waals surface area (Å²) in [5, 5.41) is 3.81. The number of hydrogen-bond donors (Lipinski definition) is 1. The van der Waals surface area contributed by atoms with Gasteiger partial charge >= 0.3 is 0 Å². The predicted octanol–water partition coefficient (Wildman–Crippen LogP) is 4.28. The Morgan fingerprint density at radius 2 is 1.76 bits per heavy atom. The first-order chi connectivity index (χ1) is 10.3. The first-order valence-corrected chi connectivity index (χ1v) is 9.72. The minimum absolute atomic E-state index is 0.304. The van der Waals surface area contributed by atoms with Gasteiger partial charge in [-0.3, -0.25) is 0 Å².